The molecule has 0 bridgehead atoms. The fraction of sp³-hybridized carbons (Fsp3) is 0.875. The van der Waals surface area contributed by atoms with Crippen LogP contribution in [0.3, 0.4) is 0 Å². The highest BCUT2D eigenvalue weighted by atomic mass is 32.2. The van der Waals surface area contributed by atoms with Crippen molar-refractivity contribution < 1.29 is 17.6 Å². The molecule has 1 aromatic heterocycles. The molecule has 1 unspecified atom stereocenters. The van der Waals surface area contributed by atoms with E-state index in [4.69, 9.17) is 9.15 Å². The maximum absolute atomic E-state index is 12.0. The van der Waals surface area contributed by atoms with Crippen LogP contribution in [0.25, 0.3) is 0 Å². The van der Waals surface area contributed by atoms with E-state index in [0.29, 0.717) is 30.8 Å². The highest BCUT2D eigenvalue weighted by Crippen LogP contribution is 2.27. The number of ether oxygens (including phenoxy) is 1. The number of nitrogens with zero attached hydrogens (tertiary/aromatic N) is 3. The van der Waals surface area contributed by atoms with Crippen LogP contribution in [0, 0.1) is 5.92 Å². The Morgan fingerprint density at radius 3 is 2.75 bits per heavy atom. The summed E-state index contributed by atoms with van der Waals surface area (Å²) in [5.74, 6) is 2.27. The molecule has 24 heavy (non-hydrogen) atoms. The highest BCUT2D eigenvalue weighted by molar-refractivity contribution is 7.89. The van der Waals surface area contributed by atoms with Gasteiger partial charge in [-0.25, -0.2) is 12.7 Å². The lowest BCUT2D eigenvalue weighted by atomic mass is 9.95. The third-order valence-electron chi connectivity index (χ3n) is 5.06. The highest BCUT2D eigenvalue weighted by Gasteiger charge is 2.28. The fourth-order valence-electron chi connectivity index (χ4n) is 3.50. The summed E-state index contributed by atoms with van der Waals surface area (Å²) in [5, 5.41) is 8.36. The van der Waals surface area contributed by atoms with Crippen LogP contribution in [-0.4, -0.2) is 55.0 Å². The standard InChI is InChI=1S/C16H27N3O4S/c1-2-24(20,21)19-9-3-4-13(12-19)5-6-15-17-18-16(23-15)14-7-10-22-11-8-14/h13-14H,2-12H2,1H3. The van der Waals surface area contributed by atoms with E-state index in [2.05, 4.69) is 10.2 Å². The van der Waals surface area contributed by atoms with Gasteiger partial charge in [0.2, 0.25) is 21.8 Å². The number of hydrogen-bond donors (Lipinski definition) is 0. The smallest absolute Gasteiger partial charge is 0.219 e. The van der Waals surface area contributed by atoms with Gasteiger partial charge in [0, 0.05) is 38.6 Å². The maximum Gasteiger partial charge on any atom is 0.219 e. The van der Waals surface area contributed by atoms with Crippen molar-refractivity contribution in [3.05, 3.63) is 11.8 Å². The lowest BCUT2D eigenvalue weighted by molar-refractivity contribution is 0.0791. The fourth-order valence-corrected chi connectivity index (χ4v) is 4.71. The van der Waals surface area contributed by atoms with Crippen molar-refractivity contribution >= 4 is 10.0 Å². The molecule has 3 rings (SSSR count). The average molecular weight is 357 g/mol. The summed E-state index contributed by atoms with van der Waals surface area (Å²) in [5.41, 5.74) is 0. The largest absolute Gasteiger partial charge is 0.425 e. The molecule has 0 saturated carbocycles. The van der Waals surface area contributed by atoms with Crippen LogP contribution < -0.4 is 0 Å². The van der Waals surface area contributed by atoms with Gasteiger partial charge in [0.25, 0.3) is 0 Å². The topological polar surface area (TPSA) is 85.5 Å². The monoisotopic (exact) mass is 357 g/mol. The second-order valence-electron chi connectivity index (χ2n) is 6.73. The lowest BCUT2D eigenvalue weighted by Gasteiger charge is -2.31. The number of piperidine rings is 1. The zero-order valence-electron chi connectivity index (χ0n) is 14.3. The first-order valence-corrected chi connectivity index (χ1v) is 10.6. The van der Waals surface area contributed by atoms with Crippen molar-refractivity contribution in [2.45, 2.75) is 51.4 Å². The van der Waals surface area contributed by atoms with Gasteiger partial charge in [0.15, 0.2) is 0 Å². The molecule has 2 aliphatic heterocycles. The van der Waals surface area contributed by atoms with Crippen LogP contribution in [-0.2, 0) is 21.2 Å². The van der Waals surface area contributed by atoms with Crippen molar-refractivity contribution in [1.82, 2.24) is 14.5 Å². The van der Waals surface area contributed by atoms with Gasteiger partial charge in [-0.15, -0.1) is 10.2 Å². The van der Waals surface area contributed by atoms with Crippen molar-refractivity contribution in [3.63, 3.8) is 0 Å². The van der Waals surface area contributed by atoms with Crippen molar-refractivity contribution in [2.75, 3.05) is 32.1 Å². The van der Waals surface area contributed by atoms with Crippen LogP contribution >= 0.6 is 0 Å². The minimum atomic E-state index is -3.08. The molecule has 1 atom stereocenters. The van der Waals surface area contributed by atoms with Gasteiger partial charge >= 0.3 is 0 Å². The van der Waals surface area contributed by atoms with Crippen LogP contribution in [0.2, 0.25) is 0 Å². The summed E-state index contributed by atoms with van der Waals surface area (Å²) in [7, 11) is -3.08. The van der Waals surface area contributed by atoms with Crippen LogP contribution in [0.5, 0.6) is 0 Å². The van der Waals surface area contributed by atoms with Crippen LogP contribution in [0.4, 0.5) is 0 Å². The number of aromatic nitrogens is 2. The molecule has 0 amide bonds. The molecule has 1 aromatic rings. The van der Waals surface area contributed by atoms with E-state index in [9.17, 15) is 8.42 Å². The summed E-state index contributed by atoms with van der Waals surface area (Å²) in [4.78, 5) is 0. The van der Waals surface area contributed by atoms with Gasteiger partial charge in [-0.1, -0.05) is 0 Å². The molecular formula is C16H27N3O4S. The van der Waals surface area contributed by atoms with Gasteiger partial charge in [0.1, 0.15) is 0 Å². The normalized spacial score (nSPS) is 24.3. The average Bonchev–Trinajstić information content (AvgIpc) is 3.10. The SMILES string of the molecule is CCS(=O)(=O)N1CCCC(CCc2nnc(C3CCOCC3)o2)C1. The zero-order chi connectivity index (χ0) is 17.0. The molecular weight excluding hydrogens is 330 g/mol. The lowest BCUT2D eigenvalue weighted by Crippen LogP contribution is -2.40. The number of aryl methyl sites for hydroxylation is 1. The molecule has 2 fully saturated rings. The minimum Gasteiger partial charge on any atom is -0.425 e. The molecule has 0 N–H and O–H groups in total. The maximum atomic E-state index is 12.0. The summed E-state index contributed by atoms with van der Waals surface area (Å²) < 4.78 is 36.9. The van der Waals surface area contributed by atoms with Crippen molar-refractivity contribution in [3.8, 4) is 0 Å². The van der Waals surface area contributed by atoms with Gasteiger partial charge in [-0.2, -0.15) is 0 Å². The van der Waals surface area contributed by atoms with Crippen molar-refractivity contribution in [2.24, 2.45) is 5.92 Å². The Bertz CT molecular complexity index is 625. The second-order valence-corrected chi connectivity index (χ2v) is 8.98. The molecule has 2 aliphatic rings. The molecule has 8 heteroatoms. The second kappa shape index (κ2) is 7.93. The third-order valence-corrected chi connectivity index (χ3v) is 6.91. The molecule has 0 spiro atoms. The molecule has 7 nitrogen and oxygen atoms in total. The van der Waals surface area contributed by atoms with E-state index in [1.54, 1.807) is 11.2 Å². The first kappa shape index (κ1) is 17.8. The van der Waals surface area contributed by atoms with E-state index in [1.165, 1.54) is 0 Å². The Hall–Kier alpha value is -0.990. The predicted molar refractivity (Wildman–Crippen MR) is 89.2 cm³/mol. The minimum absolute atomic E-state index is 0.178. The molecule has 0 aromatic carbocycles. The Kier molecular flexibility index (Phi) is 5.89. The predicted octanol–water partition coefficient (Wildman–Crippen LogP) is 1.96. The number of rotatable bonds is 6. The van der Waals surface area contributed by atoms with E-state index in [-0.39, 0.29) is 5.75 Å². The number of hydrogen-bond acceptors (Lipinski definition) is 6. The van der Waals surface area contributed by atoms with E-state index < -0.39 is 10.0 Å². The quantitative estimate of drug-likeness (QED) is 0.774. The molecule has 2 saturated heterocycles. The summed E-state index contributed by atoms with van der Waals surface area (Å²) >= 11 is 0. The molecule has 136 valence electrons. The van der Waals surface area contributed by atoms with Gasteiger partial charge in [-0.3, -0.25) is 0 Å². The van der Waals surface area contributed by atoms with E-state index in [1.807, 2.05) is 0 Å². The Morgan fingerprint density at radius 1 is 1.21 bits per heavy atom. The van der Waals surface area contributed by atoms with Crippen LogP contribution in [0.1, 0.15) is 56.7 Å². The molecule has 0 aliphatic carbocycles. The summed E-state index contributed by atoms with van der Waals surface area (Å²) in [6.07, 6.45) is 5.49. The van der Waals surface area contributed by atoms with Gasteiger partial charge < -0.3 is 9.15 Å². The first-order valence-electron chi connectivity index (χ1n) is 8.96. The summed E-state index contributed by atoms with van der Waals surface area (Å²) in [6, 6.07) is 0. The molecule has 3 heterocycles. The third kappa shape index (κ3) is 4.34. The summed E-state index contributed by atoms with van der Waals surface area (Å²) in [6.45, 7) is 4.49. The Balaban J connectivity index is 1.51. The zero-order valence-corrected chi connectivity index (χ0v) is 15.1. The Morgan fingerprint density at radius 2 is 2.00 bits per heavy atom. The number of sulfonamides is 1. The van der Waals surface area contributed by atoms with Gasteiger partial charge in [-0.05, 0) is 44.9 Å². The van der Waals surface area contributed by atoms with Crippen LogP contribution in [0.15, 0.2) is 4.42 Å². The molecule has 0 radical (unpaired) electrons. The van der Waals surface area contributed by atoms with Crippen molar-refractivity contribution in [1.29, 1.82) is 0 Å². The van der Waals surface area contributed by atoms with Gasteiger partial charge in [0.05, 0.1) is 5.75 Å². The van der Waals surface area contributed by atoms with E-state index >= 15 is 0 Å². The van der Waals surface area contributed by atoms with E-state index in [0.717, 1.165) is 57.6 Å². The Labute approximate surface area is 143 Å². The first-order chi connectivity index (χ1) is 11.6.